The molecule has 0 unspecified atom stereocenters. The van der Waals surface area contributed by atoms with Gasteiger partial charge in [-0.1, -0.05) is 44.7 Å². The van der Waals surface area contributed by atoms with Gasteiger partial charge < -0.3 is 4.74 Å². The highest BCUT2D eigenvalue weighted by molar-refractivity contribution is 5.30. The molecule has 1 aromatic carbocycles. The van der Waals surface area contributed by atoms with Crippen LogP contribution in [0.25, 0.3) is 0 Å². The third-order valence-electron chi connectivity index (χ3n) is 6.95. The summed E-state index contributed by atoms with van der Waals surface area (Å²) in [5.74, 6) is 2.41. The fourth-order valence-electron chi connectivity index (χ4n) is 5.29. The number of rotatable bonds is 6. The molecule has 3 rings (SSSR count). The number of ether oxygens (including phenoxy) is 1. The van der Waals surface area contributed by atoms with Crippen LogP contribution in [0.15, 0.2) is 24.3 Å². The highest BCUT2D eigenvalue weighted by Crippen LogP contribution is 2.45. The normalized spacial score (nSPS) is 28.9. The van der Waals surface area contributed by atoms with Crippen molar-refractivity contribution in [3.8, 4) is 5.75 Å². The summed E-state index contributed by atoms with van der Waals surface area (Å²) in [7, 11) is 0. The van der Waals surface area contributed by atoms with Crippen molar-refractivity contribution in [3.63, 3.8) is 0 Å². The molecule has 0 atom stereocenters. The maximum Gasteiger partial charge on any atom is 0.499 e. The van der Waals surface area contributed by atoms with E-state index < -0.39 is 18.0 Å². The fraction of sp³-hybridized carbons (Fsp3) is 0.739. The molecular formula is C23H31F5O. The van der Waals surface area contributed by atoms with Crippen molar-refractivity contribution >= 4 is 0 Å². The summed E-state index contributed by atoms with van der Waals surface area (Å²) in [6.07, 6.45) is 1.62. The standard InChI is InChI=1S/C23H31F5O/c1-2-3-16-4-6-17(7-5-16)18-8-10-19(11-9-18)20-12-14-21(15-13-20)29-23(27,28)22(24,25)26/h12-19H,2-11H2,1H3/t16-,17-,18-,19-. The number of benzene rings is 1. The SMILES string of the molecule is CCC[C@H]1CC[C@H]([C@H]2CC[C@H](c3ccc(OC(F)(F)C(F)(F)F)cc3)CC2)CC1. The Morgan fingerprint density at radius 3 is 1.79 bits per heavy atom. The third kappa shape index (κ3) is 5.64. The molecule has 6 heteroatoms. The molecule has 0 aliphatic heterocycles. The Labute approximate surface area is 170 Å². The molecule has 0 aromatic heterocycles. The van der Waals surface area contributed by atoms with Gasteiger partial charge in [0.1, 0.15) is 5.75 Å². The first kappa shape index (κ1) is 22.4. The van der Waals surface area contributed by atoms with Crippen LogP contribution in [-0.4, -0.2) is 12.3 Å². The predicted molar refractivity (Wildman–Crippen MR) is 103 cm³/mol. The highest BCUT2D eigenvalue weighted by Gasteiger charge is 2.61. The summed E-state index contributed by atoms with van der Waals surface area (Å²) in [5, 5.41) is 0. The van der Waals surface area contributed by atoms with Gasteiger partial charge >= 0.3 is 12.3 Å². The number of alkyl halides is 5. The maximum absolute atomic E-state index is 13.0. The topological polar surface area (TPSA) is 9.23 Å². The molecule has 0 spiro atoms. The highest BCUT2D eigenvalue weighted by atomic mass is 19.4. The predicted octanol–water partition coefficient (Wildman–Crippen LogP) is 8.10. The lowest BCUT2D eigenvalue weighted by atomic mass is 9.68. The molecule has 0 saturated heterocycles. The van der Waals surface area contributed by atoms with Crippen molar-refractivity contribution in [2.75, 3.05) is 0 Å². The van der Waals surface area contributed by atoms with Crippen LogP contribution in [0.2, 0.25) is 0 Å². The molecule has 2 aliphatic rings. The second-order valence-corrected chi connectivity index (χ2v) is 8.87. The lowest BCUT2D eigenvalue weighted by molar-refractivity contribution is -0.360. The fourth-order valence-corrected chi connectivity index (χ4v) is 5.29. The molecule has 0 amide bonds. The molecular weight excluding hydrogens is 387 g/mol. The van der Waals surface area contributed by atoms with Gasteiger partial charge in [0.2, 0.25) is 0 Å². The number of hydrogen-bond acceptors (Lipinski definition) is 1. The van der Waals surface area contributed by atoms with E-state index in [0.717, 1.165) is 36.2 Å². The Hall–Kier alpha value is -1.33. The van der Waals surface area contributed by atoms with Crippen LogP contribution in [0.4, 0.5) is 22.0 Å². The Morgan fingerprint density at radius 1 is 0.793 bits per heavy atom. The Morgan fingerprint density at radius 2 is 1.31 bits per heavy atom. The lowest BCUT2D eigenvalue weighted by Gasteiger charge is -2.38. The van der Waals surface area contributed by atoms with E-state index in [0.29, 0.717) is 5.92 Å². The first-order chi connectivity index (χ1) is 13.7. The van der Waals surface area contributed by atoms with Crippen molar-refractivity contribution in [2.24, 2.45) is 17.8 Å². The van der Waals surface area contributed by atoms with E-state index >= 15 is 0 Å². The van der Waals surface area contributed by atoms with E-state index in [2.05, 4.69) is 11.7 Å². The van der Waals surface area contributed by atoms with E-state index in [4.69, 9.17) is 0 Å². The van der Waals surface area contributed by atoms with Gasteiger partial charge in [0.25, 0.3) is 0 Å². The van der Waals surface area contributed by atoms with Gasteiger partial charge in [0.15, 0.2) is 0 Å². The average Bonchev–Trinajstić information content (AvgIpc) is 2.68. The van der Waals surface area contributed by atoms with E-state index in [1.54, 1.807) is 12.1 Å². The second-order valence-electron chi connectivity index (χ2n) is 8.87. The van der Waals surface area contributed by atoms with E-state index in [1.807, 2.05) is 0 Å². The molecule has 1 nitrogen and oxygen atoms in total. The van der Waals surface area contributed by atoms with Crippen molar-refractivity contribution in [1.82, 2.24) is 0 Å². The van der Waals surface area contributed by atoms with Gasteiger partial charge in [-0.3, -0.25) is 0 Å². The van der Waals surface area contributed by atoms with E-state index in [9.17, 15) is 22.0 Å². The molecule has 29 heavy (non-hydrogen) atoms. The average molecular weight is 418 g/mol. The Balaban J connectivity index is 1.49. The van der Waals surface area contributed by atoms with Gasteiger partial charge in [-0.25, -0.2) is 0 Å². The van der Waals surface area contributed by atoms with Crippen molar-refractivity contribution in [1.29, 1.82) is 0 Å². The van der Waals surface area contributed by atoms with Crippen molar-refractivity contribution in [3.05, 3.63) is 29.8 Å². The summed E-state index contributed by atoms with van der Waals surface area (Å²) >= 11 is 0. The molecule has 0 heterocycles. The van der Waals surface area contributed by atoms with Crippen LogP contribution in [0.5, 0.6) is 5.75 Å². The van der Waals surface area contributed by atoms with Crippen LogP contribution < -0.4 is 4.74 Å². The minimum absolute atomic E-state index is 0.347. The smallest absolute Gasteiger partial charge is 0.426 e. The van der Waals surface area contributed by atoms with Crippen molar-refractivity contribution in [2.45, 2.75) is 89.3 Å². The largest absolute Gasteiger partial charge is 0.499 e. The third-order valence-corrected chi connectivity index (χ3v) is 6.95. The van der Waals surface area contributed by atoms with E-state index in [1.165, 1.54) is 63.5 Å². The second kappa shape index (κ2) is 9.22. The van der Waals surface area contributed by atoms with Crippen molar-refractivity contribution < 1.29 is 26.7 Å². The zero-order valence-electron chi connectivity index (χ0n) is 17.0. The molecule has 0 N–H and O–H groups in total. The first-order valence-corrected chi connectivity index (χ1v) is 10.9. The zero-order valence-corrected chi connectivity index (χ0v) is 17.0. The summed E-state index contributed by atoms with van der Waals surface area (Å²) in [6.45, 7) is 2.26. The van der Waals surface area contributed by atoms with Crippen LogP contribution in [0.1, 0.15) is 82.6 Å². The van der Waals surface area contributed by atoms with Gasteiger partial charge in [0, 0.05) is 0 Å². The quantitative estimate of drug-likeness (QED) is 0.424. The maximum atomic E-state index is 13.0. The molecule has 0 bridgehead atoms. The first-order valence-electron chi connectivity index (χ1n) is 10.9. The summed E-state index contributed by atoms with van der Waals surface area (Å²) in [4.78, 5) is 0. The van der Waals surface area contributed by atoms with Gasteiger partial charge in [-0.2, -0.15) is 22.0 Å². The number of halogens is 5. The monoisotopic (exact) mass is 418 g/mol. The molecule has 0 radical (unpaired) electrons. The van der Waals surface area contributed by atoms with E-state index in [-0.39, 0.29) is 0 Å². The van der Waals surface area contributed by atoms with Crippen LogP contribution in [-0.2, 0) is 0 Å². The van der Waals surface area contributed by atoms with Gasteiger partial charge in [0.05, 0.1) is 0 Å². The van der Waals surface area contributed by atoms with Crippen LogP contribution in [0.3, 0.4) is 0 Å². The summed E-state index contributed by atoms with van der Waals surface area (Å²) in [6, 6.07) is 5.69. The molecule has 164 valence electrons. The summed E-state index contributed by atoms with van der Waals surface area (Å²) < 4.78 is 66.7. The van der Waals surface area contributed by atoms with Gasteiger partial charge in [-0.15, -0.1) is 0 Å². The molecule has 2 aliphatic carbocycles. The zero-order chi connectivity index (χ0) is 21.1. The Kier molecular flexibility index (Phi) is 7.10. The minimum Gasteiger partial charge on any atom is -0.426 e. The molecule has 2 saturated carbocycles. The molecule has 2 fully saturated rings. The van der Waals surface area contributed by atoms with Gasteiger partial charge in [-0.05, 0) is 79.9 Å². The summed E-state index contributed by atoms with van der Waals surface area (Å²) in [5.41, 5.74) is 0.998. The Bertz CT molecular complexity index is 624. The lowest BCUT2D eigenvalue weighted by Crippen LogP contribution is -2.41. The number of hydrogen-bond donors (Lipinski definition) is 0. The van der Waals surface area contributed by atoms with Crippen LogP contribution in [0, 0.1) is 17.8 Å². The minimum atomic E-state index is -5.72. The molecule has 1 aromatic rings. The van der Waals surface area contributed by atoms with Crippen LogP contribution >= 0.6 is 0 Å².